The van der Waals surface area contributed by atoms with Crippen molar-refractivity contribution in [2.75, 3.05) is 11.5 Å². The summed E-state index contributed by atoms with van der Waals surface area (Å²) in [6.45, 7) is -1.81. The van der Waals surface area contributed by atoms with E-state index in [2.05, 4.69) is 10.1 Å². The van der Waals surface area contributed by atoms with E-state index in [4.69, 9.17) is 4.74 Å². The number of esters is 1. The number of halogens is 2. The number of benzene rings is 1. The van der Waals surface area contributed by atoms with E-state index in [1.54, 1.807) is 0 Å². The van der Waals surface area contributed by atoms with E-state index in [-0.39, 0.29) is 22.8 Å². The average Bonchev–Trinajstić information content (AvgIpc) is 2.85. The topological polar surface area (TPSA) is 98.8 Å². The predicted molar refractivity (Wildman–Crippen MR) is 83.2 cm³/mol. The van der Waals surface area contributed by atoms with Crippen LogP contribution in [0.15, 0.2) is 24.3 Å². The highest BCUT2D eigenvalue weighted by Gasteiger charge is 2.31. The molecule has 1 N–H and O–H groups in total. The maximum atomic E-state index is 12.4. The van der Waals surface area contributed by atoms with Crippen molar-refractivity contribution >= 4 is 21.7 Å². The Kier molecular flexibility index (Phi) is 5.93. The lowest BCUT2D eigenvalue weighted by Crippen LogP contribution is -2.42. The molecule has 0 bridgehead atoms. The van der Waals surface area contributed by atoms with Crippen molar-refractivity contribution in [1.29, 1.82) is 0 Å². The fourth-order valence-electron chi connectivity index (χ4n) is 2.34. The number of nitrogens with one attached hydrogen (secondary N) is 1. The summed E-state index contributed by atoms with van der Waals surface area (Å²) in [5.41, 5.74) is -0.245. The summed E-state index contributed by atoms with van der Waals surface area (Å²) in [6.07, 6.45) is -0.935. The Morgan fingerprint density at radius 1 is 1.28 bits per heavy atom. The van der Waals surface area contributed by atoms with Crippen LogP contribution in [0.25, 0.3) is 0 Å². The van der Waals surface area contributed by atoms with Gasteiger partial charge in [0, 0.05) is 6.04 Å². The van der Waals surface area contributed by atoms with Crippen molar-refractivity contribution in [3.63, 3.8) is 0 Å². The lowest BCUT2D eigenvalue weighted by Gasteiger charge is -2.17. The monoisotopic (exact) mass is 377 g/mol. The molecule has 1 fully saturated rings. The van der Waals surface area contributed by atoms with Gasteiger partial charge in [0.05, 0.1) is 11.5 Å². The van der Waals surface area contributed by atoms with Crippen LogP contribution in [0.3, 0.4) is 0 Å². The van der Waals surface area contributed by atoms with Gasteiger partial charge in [0.25, 0.3) is 5.91 Å². The minimum atomic E-state index is -3.16. The van der Waals surface area contributed by atoms with Gasteiger partial charge in [-0.3, -0.25) is 4.79 Å². The molecular weight excluding hydrogens is 360 g/mol. The Bertz CT molecular complexity index is 752. The Hall–Kier alpha value is -2.23. The molecule has 0 saturated carbocycles. The van der Waals surface area contributed by atoms with E-state index in [1.807, 2.05) is 0 Å². The summed E-state index contributed by atoms with van der Waals surface area (Å²) in [5.74, 6) is -2.20. The zero-order chi connectivity index (χ0) is 18.6. The molecule has 1 aliphatic heterocycles. The van der Waals surface area contributed by atoms with E-state index in [0.29, 0.717) is 6.42 Å². The first kappa shape index (κ1) is 19.1. The molecule has 1 aromatic carbocycles. The van der Waals surface area contributed by atoms with Crippen LogP contribution in [0, 0.1) is 0 Å². The predicted octanol–water partition coefficient (Wildman–Crippen LogP) is 1.14. The molecule has 10 heteroatoms. The molecule has 1 aromatic rings. The Labute approximate surface area is 143 Å². The summed E-state index contributed by atoms with van der Waals surface area (Å²) in [4.78, 5) is 24.1. The first-order valence-corrected chi connectivity index (χ1v) is 9.25. The van der Waals surface area contributed by atoms with Gasteiger partial charge in [-0.05, 0) is 25.5 Å². The Balaban J connectivity index is 1.97. The lowest BCUT2D eigenvalue weighted by molar-refractivity contribution is -0.129. The van der Waals surface area contributed by atoms with E-state index in [0.717, 1.165) is 0 Å². The number of rotatable bonds is 6. The standard InChI is InChI=1S/C15H17F2NO6S/c1-9(13(19)18-10-6-7-25(21,22)8-10)23-14(20)11-4-2-3-5-12(11)24-15(16)17/h2-5,9-10,15H,6-8H2,1H3,(H,18,19)/t9-,10+/m1/s1. The van der Waals surface area contributed by atoms with Crippen LogP contribution in [0.4, 0.5) is 8.78 Å². The first-order valence-electron chi connectivity index (χ1n) is 7.43. The van der Waals surface area contributed by atoms with Crippen molar-refractivity contribution in [3.05, 3.63) is 29.8 Å². The molecular formula is C15H17F2NO6S. The fraction of sp³-hybridized carbons (Fsp3) is 0.467. The summed E-state index contributed by atoms with van der Waals surface area (Å²) >= 11 is 0. The van der Waals surface area contributed by atoms with Crippen LogP contribution in [0.1, 0.15) is 23.7 Å². The summed E-state index contributed by atoms with van der Waals surface area (Å²) < 4.78 is 56.6. The van der Waals surface area contributed by atoms with Gasteiger partial charge in [0.15, 0.2) is 15.9 Å². The van der Waals surface area contributed by atoms with Crippen molar-refractivity contribution in [2.24, 2.45) is 0 Å². The molecule has 7 nitrogen and oxygen atoms in total. The van der Waals surface area contributed by atoms with E-state index in [9.17, 15) is 26.8 Å². The molecule has 0 aliphatic carbocycles. The number of sulfone groups is 1. The van der Waals surface area contributed by atoms with Crippen LogP contribution >= 0.6 is 0 Å². The van der Waals surface area contributed by atoms with Crippen LogP contribution in [0.5, 0.6) is 5.75 Å². The summed E-state index contributed by atoms with van der Waals surface area (Å²) in [5, 5.41) is 2.49. The molecule has 1 amide bonds. The summed E-state index contributed by atoms with van der Waals surface area (Å²) in [6, 6.07) is 4.72. The number of ether oxygens (including phenoxy) is 2. The number of para-hydroxylation sites is 1. The third-order valence-corrected chi connectivity index (χ3v) is 5.32. The van der Waals surface area contributed by atoms with Gasteiger partial charge in [0.2, 0.25) is 0 Å². The van der Waals surface area contributed by atoms with Gasteiger partial charge in [-0.2, -0.15) is 8.78 Å². The number of amides is 1. The molecule has 2 atom stereocenters. The minimum Gasteiger partial charge on any atom is -0.449 e. The molecule has 2 rings (SSSR count). The average molecular weight is 377 g/mol. The fourth-order valence-corrected chi connectivity index (χ4v) is 4.01. The van der Waals surface area contributed by atoms with E-state index < -0.39 is 40.5 Å². The zero-order valence-corrected chi connectivity index (χ0v) is 14.1. The third-order valence-electron chi connectivity index (χ3n) is 3.55. The van der Waals surface area contributed by atoms with Gasteiger partial charge in [-0.15, -0.1) is 0 Å². The zero-order valence-electron chi connectivity index (χ0n) is 13.3. The molecule has 1 heterocycles. The summed E-state index contributed by atoms with van der Waals surface area (Å²) in [7, 11) is -3.16. The molecule has 0 aromatic heterocycles. The van der Waals surface area contributed by atoms with Gasteiger partial charge >= 0.3 is 12.6 Å². The smallest absolute Gasteiger partial charge is 0.387 e. The maximum Gasteiger partial charge on any atom is 0.387 e. The second-order valence-electron chi connectivity index (χ2n) is 5.53. The number of alkyl halides is 2. The van der Waals surface area contributed by atoms with Gasteiger partial charge in [0.1, 0.15) is 11.3 Å². The molecule has 0 spiro atoms. The highest BCUT2D eigenvalue weighted by atomic mass is 32.2. The highest BCUT2D eigenvalue weighted by Crippen LogP contribution is 2.21. The molecule has 0 unspecified atom stereocenters. The van der Waals surface area contributed by atoms with Crippen molar-refractivity contribution < 1.29 is 36.3 Å². The minimum absolute atomic E-state index is 0.00947. The van der Waals surface area contributed by atoms with Gasteiger partial charge in [-0.1, -0.05) is 12.1 Å². The van der Waals surface area contributed by atoms with Crippen molar-refractivity contribution in [3.8, 4) is 5.75 Å². The molecule has 1 saturated heterocycles. The van der Waals surface area contributed by atoms with Crippen LogP contribution in [-0.2, 0) is 19.4 Å². The van der Waals surface area contributed by atoms with Gasteiger partial charge < -0.3 is 14.8 Å². The van der Waals surface area contributed by atoms with Crippen LogP contribution in [0.2, 0.25) is 0 Å². The van der Waals surface area contributed by atoms with E-state index >= 15 is 0 Å². The Morgan fingerprint density at radius 3 is 2.56 bits per heavy atom. The number of hydrogen-bond acceptors (Lipinski definition) is 6. The largest absolute Gasteiger partial charge is 0.449 e. The van der Waals surface area contributed by atoms with Crippen molar-refractivity contribution in [1.82, 2.24) is 5.32 Å². The lowest BCUT2D eigenvalue weighted by atomic mass is 10.2. The number of carbonyl (C=O) groups excluding carboxylic acids is 2. The molecule has 1 aliphatic rings. The van der Waals surface area contributed by atoms with E-state index in [1.165, 1.54) is 31.2 Å². The molecule has 0 radical (unpaired) electrons. The number of hydrogen-bond donors (Lipinski definition) is 1. The Morgan fingerprint density at radius 2 is 1.96 bits per heavy atom. The SMILES string of the molecule is C[C@@H](OC(=O)c1ccccc1OC(F)F)C(=O)N[C@H]1CCS(=O)(=O)C1. The first-order chi connectivity index (χ1) is 11.7. The molecule has 138 valence electrons. The molecule has 25 heavy (non-hydrogen) atoms. The normalized spacial score (nSPS) is 20.1. The number of carbonyl (C=O) groups is 2. The van der Waals surface area contributed by atoms with Crippen LogP contribution in [-0.4, -0.2) is 50.6 Å². The van der Waals surface area contributed by atoms with Gasteiger partial charge in [-0.25, -0.2) is 13.2 Å². The maximum absolute atomic E-state index is 12.4. The van der Waals surface area contributed by atoms with Crippen LogP contribution < -0.4 is 10.1 Å². The second-order valence-corrected chi connectivity index (χ2v) is 7.76. The highest BCUT2D eigenvalue weighted by molar-refractivity contribution is 7.91. The second kappa shape index (κ2) is 7.77. The quantitative estimate of drug-likeness (QED) is 0.747. The van der Waals surface area contributed by atoms with Crippen molar-refractivity contribution in [2.45, 2.75) is 32.1 Å². The third kappa shape index (κ3) is 5.38.